The first-order valence-electron chi connectivity index (χ1n) is 9.70. The summed E-state index contributed by atoms with van der Waals surface area (Å²) in [4.78, 5) is -2.86. The Balaban J connectivity index is 0.000000667. The van der Waals surface area contributed by atoms with Gasteiger partial charge in [-0.1, -0.05) is 24.3 Å². The zero-order chi connectivity index (χ0) is 26.6. The molecular weight excluding hydrogens is 607 g/mol. The van der Waals surface area contributed by atoms with Crippen LogP contribution in [0.4, 0.5) is 0 Å². The van der Waals surface area contributed by atoms with E-state index < -0.39 is 50.8 Å². The van der Waals surface area contributed by atoms with Crippen LogP contribution in [0, 0.1) is 0 Å². The summed E-state index contributed by atoms with van der Waals surface area (Å²) < 4.78 is 110. The van der Waals surface area contributed by atoms with Crippen LogP contribution in [0.1, 0.15) is 0 Å². The average Bonchev–Trinajstić information content (AvgIpc) is 2.76. The molecule has 3 N–H and O–H groups in total. The van der Waals surface area contributed by atoms with Gasteiger partial charge in [0.25, 0.3) is 0 Å². The predicted molar refractivity (Wildman–Crippen MR) is 123 cm³/mol. The fourth-order valence-corrected chi connectivity index (χ4v) is 6.07. The van der Waals surface area contributed by atoms with Crippen molar-refractivity contribution in [2.75, 3.05) is 0 Å². The van der Waals surface area contributed by atoms with Crippen LogP contribution >= 0.6 is 0 Å². The third-order valence-corrected chi connectivity index (χ3v) is 7.93. The van der Waals surface area contributed by atoms with Gasteiger partial charge in [-0.15, -0.1) is 0 Å². The zero-order valence-corrected chi connectivity index (χ0v) is 29.1. The molecule has 0 fully saturated rings. The number of benzene rings is 4. The van der Waals surface area contributed by atoms with Crippen LogP contribution in [-0.2, 0) is 35.1 Å². The molecule has 1 aliphatic heterocycles. The maximum absolute atomic E-state index is 11.7. The van der Waals surface area contributed by atoms with E-state index in [1.165, 1.54) is 6.07 Å². The monoisotopic (exact) mass is 621 g/mol. The summed E-state index contributed by atoms with van der Waals surface area (Å²) in [6, 6.07) is 5.54. The summed E-state index contributed by atoms with van der Waals surface area (Å²) in [6.45, 7) is 0. The van der Waals surface area contributed by atoms with Gasteiger partial charge < -0.3 is 23.5 Å². The number of hydrogen-bond acceptors (Lipinski definition) is 12. The molecule has 12 nitrogen and oxygen atoms in total. The van der Waals surface area contributed by atoms with E-state index in [2.05, 4.69) is 0 Å². The normalized spacial score (nSPS) is 15.0. The Morgan fingerprint density at radius 2 is 1.05 bits per heavy atom. The fourth-order valence-electron chi connectivity index (χ4n) is 3.90. The van der Waals surface area contributed by atoms with Gasteiger partial charge in [-0.2, -0.15) is 0 Å². The summed E-state index contributed by atoms with van der Waals surface area (Å²) in [5.74, 6) is -0.650. The van der Waals surface area contributed by atoms with Crippen LogP contribution in [-0.4, -0.2) is 50.2 Å². The van der Waals surface area contributed by atoms with E-state index in [9.17, 15) is 44.0 Å². The average molecular weight is 622 g/mol. The van der Waals surface area contributed by atoms with E-state index in [0.717, 1.165) is 18.2 Å². The Labute approximate surface area is 289 Å². The molecule has 1 unspecified atom stereocenters. The van der Waals surface area contributed by atoms with Crippen molar-refractivity contribution in [1.82, 2.24) is 0 Å². The van der Waals surface area contributed by atoms with Gasteiger partial charge in [0, 0.05) is 32.3 Å². The number of phenols is 1. The first-order chi connectivity index (χ1) is 16.6. The van der Waals surface area contributed by atoms with Gasteiger partial charge in [0.05, 0.1) is 20.9 Å². The largest absolute Gasteiger partial charge is 1.00 e. The molecule has 0 radical (unpaired) electrons. The van der Waals surface area contributed by atoms with Crippen molar-refractivity contribution >= 4 is 62.7 Å². The van der Waals surface area contributed by atoms with Gasteiger partial charge in [0.15, 0.2) is 6.23 Å². The third-order valence-electron chi connectivity index (χ3n) is 5.30. The number of allylic oxidation sites excluding steroid dienone is 2. The number of aromatic hydroxyl groups is 1. The van der Waals surface area contributed by atoms with E-state index in [1.54, 1.807) is 18.4 Å². The van der Waals surface area contributed by atoms with Crippen molar-refractivity contribution in [3.05, 3.63) is 60.9 Å². The van der Waals surface area contributed by atoms with Crippen LogP contribution in [0.25, 0.3) is 32.3 Å². The van der Waals surface area contributed by atoms with E-state index in [-0.39, 0.29) is 127 Å². The van der Waals surface area contributed by atoms with Crippen LogP contribution in [0.5, 0.6) is 5.75 Å². The van der Waals surface area contributed by atoms with Crippen molar-refractivity contribution in [2.24, 2.45) is 5.73 Å². The standard InChI is InChI=1S/C16H10O10S3.C5H7NO.3Na/c17-11-5-12(27(18,19)20)8-3-4-10-14(29(24,25)26)6-13(28(21,22)23)9-2-1-7(11)15(8)16(9)10;6-5-3-1-2-4-7-5;;;/h1-6,17H,(H,18,19,20)(H,21,22,23)(H,24,25,26);1-5H,6H2;;;/q;;3*+1/p-3. The molecule has 190 valence electrons. The van der Waals surface area contributed by atoms with E-state index in [4.69, 9.17) is 10.5 Å². The molecule has 0 bridgehead atoms. The molecule has 0 saturated carbocycles. The summed E-state index contributed by atoms with van der Waals surface area (Å²) in [5, 5.41) is 8.89. The SMILES string of the molecule is NC1C=CC=CO1.O=S(=O)([O-])c1cc(O)c2ccc3c(S(=O)(=O)[O-])cc(S(=O)(=O)[O-])c4ccc1c2c34.[Na+].[Na+].[Na+]. The zero-order valence-electron chi connectivity index (χ0n) is 20.7. The van der Waals surface area contributed by atoms with Crippen molar-refractivity contribution < 1.29 is 137 Å². The van der Waals surface area contributed by atoms with Crippen molar-refractivity contribution in [3.8, 4) is 5.75 Å². The molecule has 1 heterocycles. The van der Waals surface area contributed by atoms with E-state index >= 15 is 0 Å². The molecule has 0 aliphatic carbocycles. The Bertz CT molecular complexity index is 1870. The van der Waals surface area contributed by atoms with Crippen LogP contribution in [0.15, 0.2) is 75.6 Å². The second-order valence-electron chi connectivity index (χ2n) is 7.51. The van der Waals surface area contributed by atoms with Crippen LogP contribution in [0.2, 0.25) is 0 Å². The van der Waals surface area contributed by atoms with Crippen molar-refractivity contribution in [3.63, 3.8) is 0 Å². The van der Waals surface area contributed by atoms with E-state index in [1.807, 2.05) is 6.08 Å². The van der Waals surface area contributed by atoms with Gasteiger partial charge in [0.2, 0.25) is 0 Å². The van der Waals surface area contributed by atoms with Gasteiger partial charge >= 0.3 is 88.7 Å². The number of nitrogens with two attached hydrogens (primary N) is 1. The molecule has 0 saturated heterocycles. The number of rotatable bonds is 3. The minimum absolute atomic E-state index is 0. The molecule has 1 aliphatic rings. The van der Waals surface area contributed by atoms with Crippen molar-refractivity contribution in [2.45, 2.75) is 20.9 Å². The van der Waals surface area contributed by atoms with Gasteiger partial charge in [-0.3, -0.25) is 5.73 Å². The van der Waals surface area contributed by atoms with Gasteiger partial charge in [-0.25, -0.2) is 25.3 Å². The molecule has 1 atom stereocenters. The van der Waals surface area contributed by atoms with E-state index in [0.29, 0.717) is 12.1 Å². The van der Waals surface area contributed by atoms with Gasteiger partial charge in [0.1, 0.15) is 36.1 Å². The minimum atomic E-state index is -5.25. The maximum Gasteiger partial charge on any atom is 1.00 e. The Hall–Kier alpha value is -0.310. The summed E-state index contributed by atoms with van der Waals surface area (Å²) in [5.41, 5.74) is 5.27. The van der Waals surface area contributed by atoms with Crippen molar-refractivity contribution in [1.29, 1.82) is 0 Å². The molecule has 0 spiro atoms. The Morgan fingerprint density at radius 1 is 0.667 bits per heavy atom. The summed E-state index contributed by atoms with van der Waals surface area (Å²) >= 11 is 0. The maximum atomic E-state index is 11.7. The van der Waals surface area contributed by atoms with Crippen LogP contribution < -0.4 is 94.4 Å². The topological polar surface area (TPSA) is 227 Å². The number of phenolic OH excluding ortho intramolecular Hbond substituents is 1. The molecule has 4 aromatic rings. The minimum Gasteiger partial charge on any atom is -0.744 e. The molecule has 39 heavy (non-hydrogen) atoms. The molecular formula is C21H14NNa3O11S3. The quantitative estimate of drug-likeness (QED) is 0.124. The van der Waals surface area contributed by atoms with Gasteiger partial charge in [-0.05, 0) is 30.4 Å². The Morgan fingerprint density at radius 3 is 1.38 bits per heavy atom. The van der Waals surface area contributed by atoms with Crippen LogP contribution in [0.3, 0.4) is 0 Å². The predicted octanol–water partition coefficient (Wildman–Crippen LogP) is -7.61. The second-order valence-corrected chi connectivity index (χ2v) is 11.6. The molecule has 0 aromatic heterocycles. The molecule has 5 rings (SSSR count). The third kappa shape index (κ3) is 7.56. The number of hydrogen-bond donors (Lipinski definition) is 2. The molecule has 4 aromatic carbocycles. The first kappa shape index (κ1) is 36.7. The second kappa shape index (κ2) is 13.3. The summed E-state index contributed by atoms with van der Waals surface area (Å²) in [7, 11) is -15.6. The fraction of sp³-hybridized carbons (Fsp3) is 0.0476. The molecule has 18 heteroatoms. The smallest absolute Gasteiger partial charge is 0.744 e. The molecule has 0 amide bonds. The Kier molecular flexibility index (Phi) is 12.6. The summed E-state index contributed by atoms with van der Waals surface area (Å²) in [6.07, 6.45) is 6.77. The first-order valence-corrected chi connectivity index (χ1v) is 13.9. The number of ether oxygens (including phenoxy) is 1.